The van der Waals surface area contributed by atoms with Gasteiger partial charge in [0.15, 0.2) is 0 Å². The molecule has 1 fully saturated rings. The van der Waals surface area contributed by atoms with Gasteiger partial charge in [-0.05, 0) is 22.0 Å². The summed E-state index contributed by atoms with van der Waals surface area (Å²) < 4.78 is 6.42. The van der Waals surface area contributed by atoms with Crippen molar-refractivity contribution in [2.24, 2.45) is 0 Å². The van der Waals surface area contributed by atoms with Crippen LogP contribution in [0.1, 0.15) is 0 Å². The lowest BCUT2D eigenvalue weighted by atomic mass is 10.3. The van der Waals surface area contributed by atoms with E-state index in [4.69, 9.17) is 4.74 Å². The molecule has 16 heavy (non-hydrogen) atoms. The van der Waals surface area contributed by atoms with Crippen LogP contribution in [0.3, 0.4) is 0 Å². The van der Waals surface area contributed by atoms with E-state index in [9.17, 15) is 4.79 Å². The van der Waals surface area contributed by atoms with Gasteiger partial charge in [0.25, 0.3) is 5.91 Å². The number of carbonyl (C=O) groups is 1. The molecule has 0 aliphatic carbocycles. The second-order valence-corrected chi connectivity index (χ2v) is 5.37. The first-order chi connectivity index (χ1) is 7.68. The number of ether oxygens (including phenoxy) is 1. The zero-order chi connectivity index (χ0) is 11.5. The minimum absolute atomic E-state index is 0.00144. The molecule has 2 heterocycles. The normalized spacial score (nSPS) is 20.8. The van der Waals surface area contributed by atoms with Crippen LogP contribution in [-0.4, -0.2) is 38.8 Å². The lowest BCUT2D eigenvalue weighted by molar-refractivity contribution is -0.131. The van der Waals surface area contributed by atoms with E-state index in [1.807, 2.05) is 11.4 Å². The van der Waals surface area contributed by atoms with Gasteiger partial charge in [0.2, 0.25) is 0 Å². The van der Waals surface area contributed by atoms with Crippen molar-refractivity contribution in [2.45, 2.75) is 6.10 Å². The molecule has 1 saturated heterocycles. The number of anilines is 1. The maximum atomic E-state index is 12.1. The van der Waals surface area contributed by atoms with Crippen molar-refractivity contribution in [1.29, 1.82) is 0 Å². The Morgan fingerprint density at radius 2 is 2.56 bits per heavy atom. The number of morpholine rings is 1. The van der Waals surface area contributed by atoms with Crippen molar-refractivity contribution >= 4 is 38.2 Å². The largest absolute Gasteiger partial charge is 0.366 e. The van der Waals surface area contributed by atoms with E-state index < -0.39 is 0 Å². The number of likely N-dealkylation sites (N-methyl/N-ethyl adjacent to an activating group) is 1. The first-order valence-corrected chi connectivity index (χ1v) is 6.69. The molecule has 0 aromatic carbocycles. The van der Waals surface area contributed by atoms with Gasteiger partial charge >= 0.3 is 0 Å². The van der Waals surface area contributed by atoms with E-state index >= 15 is 0 Å². The summed E-state index contributed by atoms with van der Waals surface area (Å²) >= 11 is 4.91. The molecule has 88 valence electrons. The van der Waals surface area contributed by atoms with Crippen LogP contribution in [0.5, 0.6) is 0 Å². The van der Waals surface area contributed by atoms with Gasteiger partial charge < -0.3 is 15.0 Å². The van der Waals surface area contributed by atoms with Gasteiger partial charge in [-0.25, -0.2) is 0 Å². The predicted molar refractivity (Wildman–Crippen MR) is 68.0 cm³/mol. The molecule has 1 atom stereocenters. The first kappa shape index (κ1) is 12.0. The third-order valence-electron chi connectivity index (χ3n) is 2.42. The fourth-order valence-corrected chi connectivity index (χ4v) is 2.92. The molecule has 2 rings (SSSR count). The maximum Gasteiger partial charge on any atom is 0.257 e. The minimum atomic E-state index is -0.361. The molecule has 1 aromatic heterocycles. The Hall–Kier alpha value is -0.430. The highest BCUT2D eigenvalue weighted by Gasteiger charge is 2.26. The number of hydrogen-bond acceptors (Lipinski definition) is 4. The fourth-order valence-electron chi connectivity index (χ4n) is 1.53. The van der Waals surface area contributed by atoms with Gasteiger partial charge in [0.05, 0.1) is 11.6 Å². The Labute approximate surface area is 107 Å². The Kier molecular flexibility index (Phi) is 3.96. The summed E-state index contributed by atoms with van der Waals surface area (Å²) in [4.78, 5) is 13.7. The molecular formula is C10H13BrN2O2S. The Morgan fingerprint density at radius 3 is 3.12 bits per heavy atom. The monoisotopic (exact) mass is 304 g/mol. The van der Waals surface area contributed by atoms with Crippen LogP contribution in [0.2, 0.25) is 0 Å². The molecule has 0 spiro atoms. The second kappa shape index (κ2) is 5.27. The lowest BCUT2D eigenvalue weighted by Crippen LogP contribution is -2.48. The zero-order valence-electron chi connectivity index (χ0n) is 8.90. The highest BCUT2D eigenvalue weighted by Crippen LogP contribution is 2.27. The molecule has 6 heteroatoms. The summed E-state index contributed by atoms with van der Waals surface area (Å²) in [6, 6.07) is 1.93. The standard InChI is InChI=1S/C10H13BrN2O2S/c1-13(9-4-7(11)6-16-9)10(14)8-5-12-2-3-15-8/h4,6,8,12H,2-3,5H2,1H3. The Balaban J connectivity index is 2.03. The summed E-state index contributed by atoms with van der Waals surface area (Å²) in [6.07, 6.45) is -0.361. The first-order valence-electron chi connectivity index (χ1n) is 5.02. The van der Waals surface area contributed by atoms with Crippen LogP contribution in [-0.2, 0) is 9.53 Å². The Bertz CT molecular complexity index is 377. The van der Waals surface area contributed by atoms with Gasteiger partial charge in [0, 0.05) is 30.0 Å². The van der Waals surface area contributed by atoms with E-state index in [0.717, 1.165) is 16.0 Å². The number of nitrogens with one attached hydrogen (secondary N) is 1. The van der Waals surface area contributed by atoms with Gasteiger partial charge in [-0.1, -0.05) is 0 Å². The van der Waals surface area contributed by atoms with E-state index in [-0.39, 0.29) is 12.0 Å². The van der Waals surface area contributed by atoms with Crippen LogP contribution < -0.4 is 10.2 Å². The van der Waals surface area contributed by atoms with Crippen molar-refractivity contribution in [1.82, 2.24) is 5.32 Å². The van der Waals surface area contributed by atoms with Crippen molar-refractivity contribution in [2.75, 3.05) is 31.6 Å². The van der Waals surface area contributed by atoms with E-state index in [0.29, 0.717) is 13.2 Å². The second-order valence-electron chi connectivity index (χ2n) is 3.56. The molecule has 1 amide bonds. The molecule has 0 bridgehead atoms. The fraction of sp³-hybridized carbons (Fsp3) is 0.500. The molecule has 0 radical (unpaired) electrons. The lowest BCUT2D eigenvalue weighted by Gasteiger charge is -2.26. The molecule has 1 N–H and O–H groups in total. The summed E-state index contributed by atoms with van der Waals surface area (Å²) in [5, 5.41) is 6.03. The van der Waals surface area contributed by atoms with Crippen molar-refractivity contribution < 1.29 is 9.53 Å². The van der Waals surface area contributed by atoms with E-state index in [1.165, 1.54) is 11.3 Å². The zero-order valence-corrected chi connectivity index (χ0v) is 11.3. The molecule has 1 aromatic rings. The SMILES string of the molecule is CN(C(=O)C1CNCCO1)c1cc(Br)cs1. The van der Waals surface area contributed by atoms with Crippen molar-refractivity contribution in [3.63, 3.8) is 0 Å². The number of thiophene rings is 1. The third-order valence-corrected chi connectivity index (χ3v) is 4.18. The number of hydrogen-bond donors (Lipinski definition) is 1. The maximum absolute atomic E-state index is 12.1. The molecule has 1 unspecified atom stereocenters. The van der Waals surface area contributed by atoms with E-state index in [1.54, 1.807) is 11.9 Å². The summed E-state index contributed by atoms with van der Waals surface area (Å²) in [5.41, 5.74) is 0. The number of carbonyl (C=O) groups excluding carboxylic acids is 1. The summed E-state index contributed by atoms with van der Waals surface area (Å²) in [6.45, 7) is 2.01. The van der Waals surface area contributed by atoms with Gasteiger partial charge in [-0.15, -0.1) is 11.3 Å². The molecular weight excluding hydrogens is 292 g/mol. The summed E-state index contributed by atoms with van der Waals surface area (Å²) in [5.74, 6) is 0.00144. The smallest absolute Gasteiger partial charge is 0.257 e. The quantitative estimate of drug-likeness (QED) is 0.899. The van der Waals surface area contributed by atoms with Gasteiger partial charge in [-0.2, -0.15) is 0 Å². The predicted octanol–water partition coefficient (Wildman–Crippen LogP) is 1.46. The highest BCUT2D eigenvalue weighted by atomic mass is 79.9. The van der Waals surface area contributed by atoms with Crippen LogP contribution in [0.15, 0.2) is 15.9 Å². The number of rotatable bonds is 2. The van der Waals surface area contributed by atoms with Crippen LogP contribution in [0.4, 0.5) is 5.00 Å². The van der Waals surface area contributed by atoms with Gasteiger partial charge in [0.1, 0.15) is 6.10 Å². The molecule has 0 saturated carbocycles. The topological polar surface area (TPSA) is 41.6 Å². The van der Waals surface area contributed by atoms with E-state index in [2.05, 4.69) is 21.2 Å². The van der Waals surface area contributed by atoms with Crippen LogP contribution in [0.25, 0.3) is 0 Å². The van der Waals surface area contributed by atoms with Crippen LogP contribution in [0, 0.1) is 0 Å². The highest BCUT2D eigenvalue weighted by molar-refractivity contribution is 9.10. The number of halogens is 1. The molecule has 1 aliphatic rings. The van der Waals surface area contributed by atoms with Crippen LogP contribution >= 0.6 is 27.3 Å². The number of nitrogens with zero attached hydrogens (tertiary/aromatic N) is 1. The van der Waals surface area contributed by atoms with Crippen molar-refractivity contribution in [3.8, 4) is 0 Å². The molecule has 1 aliphatic heterocycles. The average molecular weight is 305 g/mol. The molecule has 4 nitrogen and oxygen atoms in total. The van der Waals surface area contributed by atoms with Crippen molar-refractivity contribution in [3.05, 3.63) is 15.9 Å². The summed E-state index contributed by atoms with van der Waals surface area (Å²) in [7, 11) is 1.78. The average Bonchev–Trinajstić information content (AvgIpc) is 2.75. The number of amides is 1. The Morgan fingerprint density at radius 1 is 1.75 bits per heavy atom. The third kappa shape index (κ3) is 2.63. The van der Waals surface area contributed by atoms with Gasteiger partial charge in [-0.3, -0.25) is 4.79 Å². The minimum Gasteiger partial charge on any atom is -0.366 e.